The van der Waals surface area contributed by atoms with Crippen molar-refractivity contribution in [1.82, 2.24) is 36.0 Å². The lowest BCUT2D eigenvalue weighted by Crippen LogP contribution is -2.65. The van der Waals surface area contributed by atoms with Gasteiger partial charge in [-0.05, 0) is 58.2 Å². The minimum atomic E-state index is -4.46. The minimum Gasteiger partial charge on any atom is -0.478 e. The number of aryl methyl sites for hydroxylation is 2. The molecule has 1 amide bonds. The van der Waals surface area contributed by atoms with E-state index in [1.54, 1.807) is 12.3 Å². The van der Waals surface area contributed by atoms with Gasteiger partial charge in [-0.25, -0.2) is 13.2 Å². The van der Waals surface area contributed by atoms with Gasteiger partial charge in [0.2, 0.25) is 15.7 Å². The zero-order valence-corrected chi connectivity index (χ0v) is 21.8. The molecule has 6 N–H and O–H groups in total. The lowest BCUT2D eigenvalue weighted by molar-refractivity contribution is -0.145. The SMILES string of the molecule is Cc1noc(C)c1S(=O)(=O)NC(CCCCNC1N=CCCN1)(NC(=O)c1ccc2cn[nH]c2c1)C(=O)O. The molecule has 4 rings (SSSR count). The first-order chi connectivity index (χ1) is 18.1. The Morgan fingerprint density at radius 2 is 2.08 bits per heavy atom. The number of rotatable bonds is 12. The topological polar surface area (TPSA) is 204 Å². The standard InChI is InChI=1S/C23H30N8O6S/c1-14-19(15(2)37-30-14)38(35,36)31-23(21(33)34,8-3-4-9-24-22-25-10-5-11-26-22)28-20(32)16-6-7-17-13-27-29-18(17)12-16/h6-7,10,12-13,22,24,26,31H,3-5,8-9,11H2,1-2H3,(H,27,29)(H,28,32)(H,33,34). The van der Waals surface area contributed by atoms with E-state index in [1.165, 1.54) is 26.0 Å². The van der Waals surface area contributed by atoms with Crippen LogP contribution in [0.1, 0.15) is 47.5 Å². The summed E-state index contributed by atoms with van der Waals surface area (Å²) >= 11 is 0. The first kappa shape index (κ1) is 27.4. The van der Waals surface area contributed by atoms with Crippen LogP contribution in [0, 0.1) is 13.8 Å². The van der Waals surface area contributed by atoms with Crippen LogP contribution in [0.2, 0.25) is 0 Å². The number of amides is 1. The number of nitrogens with zero attached hydrogens (tertiary/aromatic N) is 3. The third-order valence-electron chi connectivity index (χ3n) is 6.12. The number of H-pyrrole nitrogens is 1. The van der Waals surface area contributed by atoms with Gasteiger partial charge >= 0.3 is 5.97 Å². The molecular formula is C23H30N8O6S. The number of hydrogen-bond donors (Lipinski definition) is 6. The molecule has 0 spiro atoms. The van der Waals surface area contributed by atoms with Crippen molar-refractivity contribution in [3.8, 4) is 0 Å². The number of unbranched alkanes of at least 4 members (excludes halogenated alkanes) is 1. The number of aromatic amines is 1. The van der Waals surface area contributed by atoms with Crippen molar-refractivity contribution < 1.29 is 27.6 Å². The van der Waals surface area contributed by atoms with Gasteiger partial charge in [-0.1, -0.05) is 11.2 Å². The first-order valence-corrected chi connectivity index (χ1v) is 13.5. The zero-order valence-electron chi connectivity index (χ0n) is 20.9. The molecule has 2 unspecified atom stereocenters. The van der Waals surface area contributed by atoms with E-state index in [2.05, 4.69) is 41.0 Å². The molecule has 15 heteroatoms. The molecule has 0 aliphatic carbocycles. The third kappa shape index (κ3) is 6.07. The van der Waals surface area contributed by atoms with Crippen LogP contribution in [0.3, 0.4) is 0 Å². The lowest BCUT2D eigenvalue weighted by atomic mass is 10.0. The van der Waals surface area contributed by atoms with Crippen molar-refractivity contribution in [3.05, 3.63) is 41.4 Å². The number of aliphatic carboxylic acids is 1. The fraction of sp³-hybridized carbons (Fsp3) is 0.435. The summed E-state index contributed by atoms with van der Waals surface area (Å²) in [5.74, 6) is -2.34. The number of carbonyl (C=O) groups is 2. The third-order valence-corrected chi connectivity index (χ3v) is 7.86. The van der Waals surface area contributed by atoms with E-state index < -0.39 is 27.6 Å². The van der Waals surface area contributed by atoms with Gasteiger partial charge in [-0.2, -0.15) is 9.82 Å². The van der Waals surface area contributed by atoms with E-state index in [9.17, 15) is 23.1 Å². The number of carboxylic acids is 1. The van der Waals surface area contributed by atoms with Crippen molar-refractivity contribution in [3.63, 3.8) is 0 Å². The van der Waals surface area contributed by atoms with Gasteiger partial charge in [0, 0.05) is 23.7 Å². The van der Waals surface area contributed by atoms with Gasteiger partial charge in [0.05, 0.1) is 11.7 Å². The highest BCUT2D eigenvalue weighted by Gasteiger charge is 2.45. The average Bonchev–Trinajstić information content (AvgIpc) is 3.49. The van der Waals surface area contributed by atoms with Gasteiger partial charge in [0.1, 0.15) is 10.6 Å². The number of carboxylic acid groups (broad SMARTS) is 1. The number of nitrogens with one attached hydrogen (secondary N) is 5. The Morgan fingerprint density at radius 1 is 1.26 bits per heavy atom. The van der Waals surface area contributed by atoms with E-state index in [-0.39, 0.29) is 41.0 Å². The number of sulfonamides is 1. The van der Waals surface area contributed by atoms with Gasteiger partial charge in [-0.3, -0.25) is 25.5 Å². The van der Waals surface area contributed by atoms with Crippen LogP contribution in [0.25, 0.3) is 10.9 Å². The van der Waals surface area contributed by atoms with E-state index >= 15 is 0 Å². The molecule has 3 heterocycles. The molecular weight excluding hydrogens is 516 g/mol. The van der Waals surface area contributed by atoms with Crippen molar-refractivity contribution >= 4 is 39.0 Å². The summed E-state index contributed by atoms with van der Waals surface area (Å²) < 4.78 is 33.9. The largest absolute Gasteiger partial charge is 0.478 e. The van der Waals surface area contributed by atoms with Crippen LogP contribution in [0.15, 0.2) is 38.8 Å². The number of benzene rings is 1. The molecule has 1 aliphatic rings. The Balaban J connectivity index is 1.56. The summed E-state index contributed by atoms with van der Waals surface area (Å²) in [5.41, 5.74) is -1.59. The molecule has 1 aromatic carbocycles. The number of fused-ring (bicyclic) bond motifs is 1. The van der Waals surface area contributed by atoms with Crippen molar-refractivity contribution in [2.24, 2.45) is 4.99 Å². The summed E-state index contributed by atoms with van der Waals surface area (Å²) in [7, 11) is -4.46. The van der Waals surface area contributed by atoms with E-state index in [0.29, 0.717) is 18.5 Å². The molecule has 0 bridgehead atoms. The Morgan fingerprint density at radius 3 is 2.76 bits per heavy atom. The van der Waals surface area contributed by atoms with Crippen LogP contribution in [-0.2, 0) is 14.8 Å². The predicted octanol–water partition coefficient (Wildman–Crippen LogP) is 0.765. The van der Waals surface area contributed by atoms with E-state index in [1.807, 2.05) is 6.21 Å². The van der Waals surface area contributed by atoms with Gasteiger partial charge in [0.25, 0.3) is 5.91 Å². The smallest absolute Gasteiger partial charge is 0.345 e. The molecule has 38 heavy (non-hydrogen) atoms. The van der Waals surface area contributed by atoms with Gasteiger partial charge in [-0.15, -0.1) is 0 Å². The number of hydrogen-bond acceptors (Lipinski definition) is 10. The van der Waals surface area contributed by atoms with Crippen molar-refractivity contribution in [2.75, 3.05) is 13.1 Å². The van der Waals surface area contributed by atoms with E-state index in [4.69, 9.17) is 4.52 Å². The van der Waals surface area contributed by atoms with Gasteiger partial charge < -0.3 is 14.9 Å². The maximum atomic E-state index is 13.3. The molecule has 2 atom stereocenters. The fourth-order valence-corrected chi connectivity index (χ4v) is 5.87. The highest BCUT2D eigenvalue weighted by molar-refractivity contribution is 7.89. The molecule has 0 radical (unpaired) electrons. The molecule has 2 aromatic heterocycles. The lowest BCUT2D eigenvalue weighted by Gasteiger charge is -2.31. The minimum absolute atomic E-state index is 0.00458. The van der Waals surface area contributed by atoms with Crippen LogP contribution < -0.4 is 20.7 Å². The summed E-state index contributed by atoms with van der Waals surface area (Å²) in [6.07, 6.45) is 4.54. The average molecular weight is 547 g/mol. The second-order valence-electron chi connectivity index (χ2n) is 8.98. The van der Waals surface area contributed by atoms with Crippen LogP contribution in [-0.4, -0.2) is 72.0 Å². The molecule has 0 saturated heterocycles. The zero-order chi connectivity index (χ0) is 27.3. The number of aliphatic imine (C=N–C) groups is 1. The summed E-state index contributed by atoms with van der Waals surface area (Å²) in [6.45, 7) is 4.12. The van der Waals surface area contributed by atoms with Crippen molar-refractivity contribution in [1.29, 1.82) is 0 Å². The second-order valence-corrected chi connectivity index (χ2v) is 10.6. The monoisotopic (exact) mass is 546 g/mol. The fourth-order valence-electron chi connectivity index (χ4n) is 4.22. The summed E-state index contributed by atoms with van der Waals surface area (Å²) in [5, 5.41) is 30.2. The Bertz CT molecular complexity index is 1430. The molecule has 1 aliphatic heterocycles. The van der Waals surface area contributed by atoms with Gasteiger partial charge in [0.15, 0.2) is 12.0 Å². The molecule has 14 nitrogen and oxygen atoms in total. The van der Waals surface area contributed by atoms with Crippen LogP contribution >= 0.6 is 0 Å². The summed E-state index contributed by atoms with van der Waals surface area (Å²) in [6, 6.07) is 4.66. The predicted molar refractivity (Wildman–Crippen MR) is 137 cm³/mol. The first-order valence-electron chi connectivity index (χ1n) is 12.1. The molecule has 0 saturated carbocycles. The van der Waals surface area contributed by atoms with Crippen LogP contribution in [0.4, 0.5) is 0 Å². The highest BCUT2D eigenvalue weighted by atomic mass is 32.2. The normalized spacial score (nSPS) is 17.4. The Labute approximate surface area is 218 Å². The quantitative estimate of drug-likeness (QED) is 0.139. The van der Waals surface area contributed by atoms with Crippen LogP contribution in [0.5, 0.6) is 0 Å². The highest BCUT2D eigenvalue weighted by Crippen LogP contribution is 2.23. The van der Waals surface area contributed by atoms with E-state index in [0.717, 1.165) is 18.4 Å². The molecule has 204 valence electrons. The Kier molecular flexibility index (Phi) is 8.20. The molecule has 0 fully saturated rings. The number of carbonyl (C=O) groups excluding carboxylic acids is 1. The maximum absolute atomic E-state index is 13.3. The second kappa shape index (κ2) is 11.4. The number of aromatic nitrogens is 3. The maximum Gasteiger partial charge on any atom is 0.345 e. The van der Waals surface area contributed by atoms with Crippen molar-refractivity contribution in [2.45, 2.75) is 56.4 Å². The summed E-state index contributed by atoms with van der Waals surface area (Å²) in [4.78, 5) is 29.9. The Hall–Kier alpha value is -3.66. The molecule has 3 aromatic rings.